The summed E-state index contributed by atoms with van der Waals surface area (Å²) in [5, 5.41) is 2.63. The molecule has 0 spiro atoms. The predicted molar refractivity (Wildman–Crippen MR) is 106 cm³/mol. The molecule has 0 radical (unpaired) electrons. The Morgan fingerprint density at radius 1 is 0.966 bits per heavy atom. The number of ether oxygens (including phenoxy) is 5. The van der Waals surface area contributed by atoms with E-state index in [9.17, 15) is 9.59 Å². The Morgan fingerprint density at radius 3 is 2.38 bits per heavy atom. The molecule has 0 aliphatic heterocycles. The normalized spacial score (nSPS) is 10.1. The van der Waals surface area contributed by atoms with Gasteiger partial charge in [-0.15, -0.1) is 0 Å². The third kappa shape index (κ3) is 6.03. The first-order valence-electron chi connectivity index (χ1n) is 8.92. The topological polar surface area (TPSA) is 92.3 Å². The van der Waals surface area contributed by atoms with Gasteiger partial charge in [-0.25, -0.2) is 4.79 Å². The van der Waals surface area contributed by atoms with Crippen LogP contribution >= 0.6 is 0 Å². The number of carbonyl (C=O) groups is 2. The summed E-state index contributed by atoms with van der Waals surface area (Å²) in [5.41, 5.74) is 1.21. The highest BCUT2D eigenvalue weighted by atomic mass is 16.5. The molecule has 1 amide bonds. The van der Waals surface area contributed by atoms with Crippen LogP contribution in [0.25, 0.3) is 0 Å². The molecule has 156 valence electrons. The van der Waals surface area contributed by atoms with Crippen molar-refractivity contribution in [3.63, 3.8) is 0 Å². The van der Waals surface area contributed by atoms with Crippen LogP contribution < -0.4 is 24.3 Å². The molecule has 0 atom stereocenters. The minimum atomic E-state index is -0.714. The molecular formula is C21H25NO7. The highest BCUT2D eigenvalue weighted by Gasteiger charge is 2.22. The zero-order valence-electron chi connectivity index (χ0n) is 16.9. The molecule has 0 bridgehead atoms. The van der Waals surface area contributed by atoms with Gasteiger partial charge in [-0.2, -0.15) is 0 Å². The van der Waals surface area contributed by atoms with Crippen molar-refractivity contribution in [1.29, 1.82) is 0 Å². The highest BCUT2D eigenvalue weighted by molar-refractivity contribution is 5.95. The van der Waals surface area contributed by atoms with E-state index in [2.05, 4.69) is 5.32 Å². The SMILES string of the molecule is COc1ccc(C(=O)OCC(=O)NCCOc2cccc(C)c2)c(OC)c1OC. The molecule has 2 aromatic carbocycles. The molecule has 2 aromatic rings. The molecule has 8 nitrogen and oxygen atoms in total. The van der Waals surface area contributed by atoms with Crippen LogP contribution in [-0.4, -0.2) is 53.0 Å². The number of amides is 1. The summed E-state index contributed by atoms with van der Waals surface area (Å²) in [6.45, 7) is 2.12. The molecule has 0 fully saturated rings. The lowest BCUT2D eigenvalue weighted by molar-refractivity contribution is -0.124. The van der Waals surface area contributed by atoms with Crippen LogP contribution in [-0.2, 0) is 9.53 Å². The highest BCUT2D eigenvalue weighted by Crippen LogP contribution is 2.39. The van der Waals surface area contributed by atoms with E-state index in [0.717, 1.165) is 11.3 Å². The van der Waals surface area contributed by atoms with E-state index in [1.807, 2.05) is 31.2 Å². The molecule has 0 unspecified atom stereocenters. The fourth-order valence-electron chi connectivity index (χ4n) is 2.59. The molecule has 8 heteroatoms. The van der Waals surface area contributed by atoms with Crippen molar-refractivity contribution < 1.29 is 33.3 Å². The Labute approximate surface area is 169 Å². The largest absolute Gasteiger partial charge is 0.493 e. The van der Waals surface area contributed by atoms with Gasteiger partial charge in [0.2, 0.25) is 5.75 Å². The van der Waals surface area contributed by atoms with Crippen molar-refractivity contribution in [3.05, 3.63) is 47.5 Å². The predicted octanol–water partition coefficient (Wildman–Crippen LogP) is 2.37. The van der Waals surface area contributed by atoms with Crippen LogP contribution in [0, 0.1) is 6.92 Å². The third-order valence-corrected chi connectivity index (χ3v) is 3.94. The van der Waals surface area contributed by atoms with Crippen LogP contribution in [0.15, 0.2) is 36.4 Å². The average molecular weight is 403 g/mol. The van der Waals surface area contributed by atoms with Gasteiger partial charge in [0.05, 0.1) is 27.9 Å². The number of rotatable bonds is 10. The number of hydrogen-bond acceptors (Lipinski definition) is 7. The number of esters is 1. The number of benzene rings is 2. The van der Waals surface area contributed by atoms with E-state index in [0.29, 0.717) is 12.4 Å². The van der Waals surface area contributed by atoms with Crippen molar-refractivity contribution >= 4 is 11.9 Å². The Kier molecular flexibility index (Phi) is 8.14. The van der Waals surface area contributed by atoms with E-state index in [4.69, 9.17) is 23.7 Å². The van der Waals surface area contributed by atoms with Crippen molar-refractivity contribution in [1.82, 2.24) is 5.32 Å². The zero-order valence-corrected chi connectivity index (χ0v) is 16.9. The standard InChI is InChI=1S/C21H25NO7/c1-14-6-5-7-15(12-14)28-11-10-22-18(23)13-29-21(24)16-8-9-17(25-2)20(27-4)19(16)26-3/h5-9,12H,10-11,13H2,1-4H3,(H,22,23). The van der Waals surface area contributed by atoms with Gasteiger partial charge >= 0.3 is 5.97 Å². The fraction of sp³-hybridized carbons (Fsp3) is 0.333. The van der Waals surface area contributed by atoms with Crippen molar-refractivity contribution in [3.8, 4) is 23.0 Å². The molecule has 0 aromatic heterocycles. The molecule has 0 aliphatic carbocycles. The molecule has 29 heavy (non-hydrogen) atoms. The number of aryl methyl sites for hydroxylation is 1. The van der Waals surface area contributed by atoms with Gasteiger partial charge < -0.3 is 29.0 Å². The van der Waals surface area contributed by atoms with Gasteiger partial charge in [-0.1, -0.05) is 12.1 Å². The Bertz CT molecular complexity index is 851. The van der Waals surface area contributed by atoms with E-state index in [1.165, 1.54) is 27.4 Å². The van der Waals surface area contributed by atoms with Gasteiger partial charge in [0, 0.05) is 0 Å². The molecule has 1 N–H and O–H groups in total. The lowest BCUT2D eigenvalue weighted by atomic mass is 10.1. The fourth-order valence-corrected chi connectivity index (χ4v) is 2.59. The zero-order chi connectivity index (χ0) is 21.2. The van der Waals surface area contributed by atoms with Crippen molar-refractivity contribution in [2.24, 2.45) is 0 Å². The van der Waals surface area contributed by atoms with E-state index in [1.54, 1.807) is 6.07 Å². The smallest absolute Gasteiger partial charge is 0.342 e. The van der Waals surface area contributed by atoms with Crippen LogP contribution in [0.2, 0.25) is 0 Å². The number of carbonyl (C=O) groups excluding carboxylic acids is 2. The minimum absolute atomic E-state index is 0.126. The molecular weight excluding hydrogens is 378 g/mol. The van der Waals surface area contributed by atoms with Crippen LogP contribution in [0.5, 0.6) is 23.0 Å². The Morgan fingerprint density at radius 2 is 1.72 bits per heavy atom. The molecule has 0 aliphatic rings. The molecule has 0 saturated carbocycles. The third-order valence-electron chi connectivity index (χ3n) is 3.94. The molecule has 0 saturated heterocycles. The van der Waals surface area contributed by atoms with E-state index < -0.39 is 18.5 Å². The summed E-state index contributed by atoms with van der Waals surface area (Å²) in [4.78, 5) is 24.2. The van der Waals surface area contributed by atoms with Gasteiger partial charge in [0.25, 0.3) is 5.91 Å². The summed E-state index contributed by atoms with van der Waals surface area (Å²) in [6, 6.07) is 10.6. The first-order valence-corrected chi connectivity index (χ1v) is 8.92. The van der Waals surface area contributed by atoms with Crippen LogP contribution in [0.3, 0.4) is 0 Å². The quantitative estimate of drug-likeness (QED) is 0.481. The number of methoxy groups -OCH3 is 3. The summed E-state index contributed by atoms with van der Waals surface area (Å²) in [7, 11) is 4.30. The summed E-state index contributed by atoms with van der Waals surface area (Å²) in [5.74, 6) is 0.420. The minimum Gasteiger partial charge on any atom is -0.493 e. The van der Waals surface area contributed by atoms with E-state index in [-0.39, 0.29) is 23.6 Å². The monoisotopic (exact) mass is 403 g/mol. The van der Waals surface area contributed by atoms with Gasteiger partial charge in [-0.3, -0.25) is 4.79 Å². The summed E-state index contributed by atoms with van der Waals surface area (Å²) < 4.78 is 26.3. The second kappa shape index (κ2) is 10.8. The van der Waals surface area contributed by atoms with Crippen LogP contribution in [0.1, 0.15) is 15.9 Å². The lowest BCUT2D eigenvalue weighted by Crippen LogP contribution is -2.32. The van der Waals surface area contributed by atoms with Crippen molar-refractivity contribution in [2.75, 3.05) is 41.1 Å². The lowest BCUT2D eigenvalue weighted by Gasteiger charge is -2.15. The number of hydrogen-bond donors (Lipinski definition) is 1. The van der Waals surface area contributed by atoms with Crippen molar-refractivity contribution in [2.45, 2.75) is 6.92 Å². The van der Waals surface area contributed by atoms with E-state index >= 15 is 0 Å². The average Bonchev–Trinajstić information content (AvgIpc) is 2.73. The summed E-state index contributed by atoms with van der Waals surface area (Å²) in [6.07, 6.45) is 0. The van der Waals surface area contributed by atoms with Gasteiger partial charge in [-0.05, 0) is 36.8 Å². The molecule has 2 rings (SSSR count). The first kappa shape index (κ1) is 21.9. The summed E-state index contributed by atoms with van der Waals surface area (Å²) >= 11 is 0. The Hall–Kier alpha value is -3.42. The maximum absolute atomic E-state index is 12.3. The first-order chi connectivity index (χ1) is 14.0. The Balaban J connectivity index is 1.83. The number of nitrogens with one attached hydrogen (secondary N) is 1. The maximum atomic E-state index is 12.3. The van der Waals surface area contributed by atoms with Gasteiger partial charge in [0.15, 0.2) is 18.1 Å². The maximum Gasteiger partial charge on any atom is 0.342 e. The molecule has 0 heterocycles. The van der Waals surface area contributed by atoms with Crippen LogP contribution in [0.4, 0.5) is 0 Å². The second-order valence-corrected chi connectivity index (χ2v) is 5.97. The van der Waals surface area contributed by atoms with Gasteiger partial charge in [0.1, 0.15) is 17.9 Å². The second-order valence-electron chi connectivity index (χ2n) is 5.97.